The first kappa shape index (κ1) is 31.1. The number of rotatable bonds is 5. The SMILES string of the molecule is CSc1nc(N2CCN(C(=O)OC(C)(C)C)C(CC#N)C2)c2cnn(-c3cccc(C(C)C)c3C(F)(F)F)c(=O)c2n1. The van der Waals surface area contributed by atoms with E-state index in [1.54, 1.807) is 40.9 Å². The van der Waals surface area contributed by atoms with Gasteiger partial charge in [0.2, 0.25) is 0 Å². The Morgan fingerprint density at radius 3 is 2.52 bits per heavy atom. The number of fused-ring (bicyclic) bond motifs is 1. The van der Waals surface area contributed by atoms with Crippen molar-refractivity contribution in [1.82, 2.24) is 24.6 Å². The van der Waals surface area contributed by atoms with Crippen LogP contribution in [0.4, 0.5) is 23.8 Å². The van der Waals surface area contributed by atoms with Crippen LogP contribution in [0.3, 0.4) is 0 Å². The number of anilines is 1. The molecule has 0 bridgehead atoms. The number of halogens is 3. The number of piperazine rings is 1. The molecule has 4 rings (SSSR count). The van der Waals surface area contributed by atoms with Gasteiger partial charge in [-0.1, -0.05) is 37.7 Å². The van der Waals surface area contributed by atoms with Gasteiger partial charge >= 0.3 is 12.3 Å². The van der Waals surface area contributed by atoms with E-state index in [0.29, 0.717) is 12.4 Å². The zero-order chi connectivity index (χ0) is 31.0. The third-order valence-corrected chi connectivity index (χ3v) is 7.28. The van der Waals surface area contributed by atoms with Gasteiger partial charge in [0, 0.05) is 19.6 Å². The maximum Gasteiger partial charge on any atom is 0.418 e. The molecule has 0 N–H and O–H groups in total. The molecule has 42 heavy (non-hydrogen) atoms. The van der Waals surface area contributed by atoms with Crippen LogP contribution in [0.2, 0.25) is 0 Å². The Bertz CT molecular complexity index is 1600. The zero-order valence-corrected chi connectivity index (χ0v) is 25.0. The summed E-state index contributed by atoms with van der Waals surface area (Å²) in [6.45, 7) is 9.32. The highest BCUT2D eigenvalue weighted by Gasteiger charge is 2.38. The lowest BCUT2D eigenvalue weighted by Gasteiger charge is -2.41. The van der Waals surface area contributed by atoms with E-state index in [2.05, 4.69) is 21.1 Å². The van der Waals surface area contributed by atoms with Crippen LogP contribution < -0.4 is 10.5 Å². The first-order valence-corrected chi connectivity index (χ1v) is 14.5. The molecule has 1 aliphatic heterocycles. The van der Waals surface area contributed by atoms with Crippen LogP contribution in [0.15, 0.2) is 34.3 Å². The Morgan fingerprint density at radius 1 is 1.21 bits per heavy atom. The highest BCUT2D eigenvalue weighted by Crippen LogP contribution is 2.39. The Morgan fingerprint density at radius 2 is 1.93 bits per heavy atom. The lowest BCUT2D eigenvalue weighted by atomic mass is 9.95. The number of aromatic nitrogens is 4. The molecule has 1 aromatic carbocycles. The van der Waals surface area contributed by atoms with Crippen molar-refractivity contribution in [2.45, 2.75) is 69.9 Å². The molecule has 2 aromatic heterocycles. The zero-order valence-electron chi connectivity index (χ0n) is 24.2. The molecule has 0 aliphatic carbocycles. The van der Waals surface area contributed by atoms with Crippen molar-refractivity contribution < 1.29 is 22.7 Å². The number of amides is 1. The topological polar surface area (TPSA) is 117 Å². The summed E-state index contributed by atoms with van der Waals surface area (Å²) >= 11 is 1.17. The van der Waals surface area contributed by atoms with Crippen LogP contribution in [0.5, 0.6) is 0 Å². The highest BCUT2D eigenvalue weighted by molar-refractivity contribution is 7.98. The van der Waals surface area contributed by atoms with Crippen LogP contribution in [0.1, 0.15) is 58.1 Å². The average Bonchev–Trinajstić information content (AvgIpc) is 2.91. The van der Waals surface area contributed by atoms with E-state index in [-0.39, 0.29) is 46.8 Å². The predicted molar refractivity (Wildman–Crippen MR) is 153 cm³/mol. The van der Waals surface area contributed by atoms with Crippen molar-refractivity contribution in [1.29, 1.82) is 5.26 Å². The molecule has 1 atom stereocenters. The molecular weight excluding hydrogens is 571 g/mol. The van der Waals surface area contributed by atoms with Crippen molar-refractivity contribution >= 4 is 34.6 Å². The molecule has 0 radical (unpaired) electrons. The fraction of sp³-hybridized carbons (Fsp3) is 0.500. The lowest BCUT2D eigenvalue weighted by molar-refractivity contribution is -0.138. The number of nitrogens with zero attached hydrogens (tertiary/aromatic N) is 7. The Hall–Kier alpha value is -3.86. The van der Waals surface area contributed by atoms with Gasteiger partial charge in [-0.2, -0.15) is 28.2 Å². The molecular formula is C28H32F3N7O3S. The van der Waals surface area contributed by atoms with Gasteiger partial charge < -0.3 is 14.5 Å². The Balaban J connectivity index is 1.82. The quantitative estimate of drug-likeness (QED) is 0.280. The summed E-state index contributed by atoms with van der Waals surface area (Å²) in [5.41, 5.74) is -2.88. The van der Waals surface area contributed by atoms with E-state index in [9.17, 15) is 28.0 Å². The fourth-order valence-electron chi connectivity index (χ4n) is 4.90. The summed E-state index contributed by atoms with van der Waals surface area (Å²) in [6, 6.07) is 5.66. The van der Waals surface area contributed by atoms with Crippen molar-refractivity contribution in [3.63, 3.8) is 0 Å². The van der Waals surface area contributed by atoms with E-state index in [1.165, 1.54) is 41.1 Å². The molecule has 14 heteroatoms. The lowest BCUT2D eigenvalue weighted by Crippen LogP contribution is -2.56. The monoisotopic (exact) mass is 603 g/mol. The second-order valence-electron chi connectivity index (χ2n) is 11.2. The highest BCUT2D eigenvalue weighted by atomic mass is 32.2. The second kappa shape index (κ2) is 11.8. The Labute approximate surface area is 245 Å². The second-order valence-corrected chi connectivity index (χ2v) is 12.0. The maximum atomic E-state index is 14.3. The van der Waals surface area contributed by atoms with Crippen LogP contribution in [-0.4, -0.2) is 68.3 Å². The minimum absolute atomic E-state index is 0.0333. The first-order chi connectivity index (χ1) is 19.7. The molecule has 10 nitrogen and oxygen atoms in total. The van der Waals surface area contributed by atoms with Crippen molar-refractivity contribution in [3.05, 3.63) is 45.9 Å². The summed E-state index contributed by atoms with van der Waals surface area (Å²) in [7, 11) is 0. The number of carbonyl (C=O) groups excluding carboxylic acids is 1. The number of nitriles is 1. The fourth-order valence-corrected chi connectivity index (χ4v) is 5.26. The summed E-state index contributed by atoms with van der Waals surface area (Å²) < 4.78 is 49.1. The van der Waals surface area contributed by atoms with Crippen LogP contribution in [0.25, 0.3) is 16.6 Å². The Kier molecular flexibility index (Phi) is 8.73. The summed E-state index contributed by atoms with van der Waals surface area (Å²) in [4.78, 5) is 38.9. The molecule has 224 valence electrons. The first-order valence-electron chi connectivity index (χ1n) is 13.3. The normalized spacial score (nSPS) is 16.2. The number of alkyl halides is 3. The number of thioether (sulfide) groups is 1. The molecule has 1 amide bonds. The molecule has 0 spiro atoms. The van der Waals surface area contributed by atoms with Gasteiger partial charge in [0.15, 0.2) is 5.16 Å². The van der Waals surface area contributed by atoms with Gasteiger partial charge in [-0.05, 0) is 44.6 Å². The minimum atomic E-state index is -4.73. The van der Waals surface area contributed by atoms with Gasteiger partial charge in [0.05, 0.1) is 41.4 Å². The standard InChI is InChI=1S/C28H32F3N7O3S/c1-16(2)18-8-7-9-20(21(18)28(29,30)31)38-24(39)22-19(14-33-38)23(35-25(34-22)42-6)36-12-13-37(17(15-36)10-11-32)26(40)41-27(3,4)5/h7-9,14,16-17H,10,12-13,15H2,1-6H3. The average molecular weight is 604 g/mol. The van der Waals surface area contributed by atoms with Gasteiger partial charge in [-0.15, -0.1) is 0 Å². The predicted octanol–water partition coefficient (Wildman–Crippen LogP) is 5.38. The number of benzene rings is 1. The van der Waals surface area contributed by atoms with Crippen molar-refractivity contribution in [2.75, 3.05) is 30.8 Å². The van der Waals surface area contributed by atoms with E-state index >= 15 is 0 Å². The van der Waals surface area contributed by atoms with Crippen LogP contribution >= 0.6 is 11.8 Å². The number of carbonyl (C=O) groups is 1. The van der Waals surface area contributed by atoms with Gasteiger partial charge in [-0.3, -0.25) is 4.79 Å². The number of ether oxygens (including phenoxy) is 1. The molecule has 1 saturated heterocycles. The third-order valence-electron chi connectivity index (χ3n) is 6.73. The smallest absolute Gasteiger partial charge is 0.418 e. The van der Waals surface area contributed by atoms with E-state index in [0.717, 1.165) is 4.68 Å². The minimum Gasteiger partial charge on any atom is -0.444 e. The van der Waals surface area contributed by atoms with Crippen LogP contribution in [-0.2, 0) is 10.9 Å². The van der Waals surface area contributed by atoms with E-state index in [1.807, 2.05) is 4.90 Å². The largest absolute Gasteiger partial charge is 0.444 e. The van der Waals surface area contributed by atoms with Gasteiger partial charge in [0.25, 0.3) is 5.56 Å². The van der Waals surface area contributed by atoms with Gasteiger partial charge in [0.1, 0.15) is 16.9 Å². The maximum absolute atomic E-state index is 14.3. The van der Waals surface area contributed by atoms with Crippen molar-refractivity contribution in [3.8, 4) is 11.8 Å². The molecule has 3 heterocycles. The van der Waals surface area contributed by atoms with Crippen molar-refractivity contribution in [2.24, 2.45) is 0 Å². The van der Waals surface area contributed by atoms with E-state index in [4.69, 9.17) is 4.74 Å². The number of hydrogen-bond donors (Lipinski definition) is 0. The number of hydrogen-bond acceptors (Lipinski definition) is 9. The third kappa shape index (κ3) is 6.30. The molecule has 0 saturated carbocycles. The van der Waals surface area contributed by atoms with E-state index < -0.39 is 41.0 Å². The van der Waals surface area contributed by atoms with Crippen LogP contribution in [0, 0.1) is 11.3 Å². The molecule has 1 unspecified atom stereocenters. The summed E-state index contributed by atoms with van der Waals surface area (Å²) in [5.74, 6) is -0.102. The summed E-state index contributed by atoms with van der Waals surface area (Å²) in [6.07, 6.45) is -2.22. The molecule has 1 fully saturated rings. The molecule has 3 aromatic rings. The molecule has 1 aliphatic rings. The van der Waals surface area contributed by atoms with Gasteiger partial charge in [-0.25, -0.2) is 14.8 Å². The summed E-state index contributed by atoms with van der Waals surface area (Å²) in [5, 5.41) is 14.1.